The zero-order chi connectivity index (χ0) is 75.1. The summed E-state index contributed by atoms with van der Waals surface area (Å²) in [4.78, 5) is 72.9. The average molecular weight is 1490 g/mol. The van der Waals surface area contributed by atoms with E-state index >= 15 is 0 Å². The molecule has 0 aromatic carbocycles. The maximum Gasteiger partial charge on any atom is 0.472 e. The van der Waals surface area contributed by atoms with Crippen LogP contribution in [0.25, 0.3) is 0 Å². The zero-order valence-corrected chi connectivity index (χ0v) is 68.9. The first-order chi connectivity index (χ1) is 49.3. The number of rotatable bonds is 81. The summed E-state index contributed by atoms with van der Waals surface area (Å²) in [7, 11) is -9.92. The number of aliphatic hydroxyl groups is 1. The smallest absolute Gasteiger partial charge is 0.462 e. The quantitative estimate of drug-likeness (QED) is 0.0222. The van der Waals surface area contributed by atoms with Gasteiger partial charge in [0.05, 0.1) is 26.4 Å². The second kappa shape index (κ2) is 73.2. The van der Waals surface area contributed by atoms with E-state index in [2.05, 4.69) is 48.5 Å². The van der Waals surface area contributed by atoms with Crippen molar-refractivity contribution < 1.29 is 80.2 Å². The summed E-state index contributed by atoms with van der Waals surface area (Å²) in [5, 5.41) is 10.6. The van der Waals surface area contributed by atoms with Crippen LogP contribution in [0.15, 0.2) is 0 Å². The Bertz CT molecular complexity index is 1980. The van der Waals surface area contributed by atoms with E-state index in [0.717, 1.165) is 120 Å². The van der Waals surface area contributed by atoms with Gasteiger partial charge in [0.2, 0.25) is 0 Å². The van der Waals surface area contributed by atoms with Crippen molar-refractivity contribution in [2.75, 3.05) is 39.6 Å². The summed E-state index contributed by atoms with van der Waals surface area (Å²) in [6, 6.07) is 0. The lowest BCUT2D eigenvalue weighted by molar-refractivity contribution is -0.161. The van der Waals surface area contributed by atoms with Gasteiger partial charge in [-0.2, -0.15) is 0 Å². The predicted octanol–water partition coefficient (Wildman–Crippen LogP) is 24.9. The topological polar surface area (TPSA) is 237 Å². The number of unbranched alkanes of at least 4 members (excludes halogenated alkanes) is 47. The molecule has 102 heavy (non-hydrogen) atoms. The van der Waals surface area contributed by atoms with E-state index in [0.29, 0.717) is 25.7 Å². The van der Waals surface area contributed by atoms with Crippen LogP contribution < -0.4 is 0 Å². The van der Waals surface area contributed by atoms with Crippen LogP contribution in [0.4, 0.5) is 0 Å². The summed E-state index contributed by atoms with van der Waals surface area (Å²) in [5.74, 6) is 0.373. The number of esters is 4. The van der Waals surface area contributed by atoms with Gasteiger partial charge in [-0.1, -0.05) is 382 Å². The van der Waals surface area contributed by atoms with E-state index in [1.165, 1.54) is 231 Å². The summed E-state index contributed by atoms with van der Waals surface area (Å²) in [6.07, 6.45) is 62.6. The third kappa shape index (κ3) is 73.6. The van der Waals surface area contributed by atoms with Crippen LogP contribution in [0.2, 0.25) is 0 Å². The van der Waals surface area contributed by atoms with Gasteiger partial charge >= 0.3 is 39.5 Å². The van der Waals surface area contributed by atoms with Crippen molar-refractivity contribution in [1.29, 1.82) is 0 Å². The van der Waals surface area contributed by atoms with E-state index in [9.17, 15) is 43.2 Å². The molecule has 0 aromatic heterocycles. The van der Waals surface area contributed by atoms with Gasteiger partial charge in [0.25, 0.3) is 0 Å². The minimum atomic E-state index is -4.96. The van der Waals surface area contributed by atoms with Gasteiger partial charge in [-0.15, -0.1) is 0 Å². The minimum absolute atomic E-state index is 0.106. The van der Waals surface area contributed by atoms with Gasteiger partial charge in [0, 0.05) is 25.7 Å². The molecular weight excluding hydrogens is 1330 g/mol. The molecule has 0 aliphatic rings. The second-order valence-electron chi connectivity index (χ2n) is 30.8. The molecule has 606 valence electrons. The minimum Gasteiger partial charge on any atom is -0.462 e. The van der Waals surface area contributed by atoms with E-state index in [1.807, 2.05) is 0 Å². The molecule has 0 aliphatic carbocycles. The third-order valence-electron chi connectivity index (χ3n) is 20.1. The average Bonchev–Trinajstić information content (AvgIpc) is 1.16. The molecule has 0 spiro atoms. The molecular formula is C83H162O17P2. The van der Waals surface area contributed by atoms with Crippen LogP contribution >= 0.6 is 15.6 Å². The van der Waals surface area contributed by atoms with Crippen LogP contribution in [0.5, 0.6) is 0 Å². The highest BCUT2D eigenvalue weighted by atomic mass is 31.2. The Hall–Kier alpha value is -1.94. The fourth-order valence-electron chi connectivity index (χ4n) is 12.8. The van der Waals surface area contributed by atoms with Crippen molar-refractivity contribution in [3.05, 3.63) is 0 Å². The number of phosphoric acid groups is 2. The molecule has 0 amide bonds. The summed E-state index contributed by atoms with van der Waals surface area (Å²) < 4.78 is 68.6. The van der Waals surface area contributed by atoms with Crippen molar-refractivity contribution in [2.24, 2.45) is 17.8 Å². The van der Waals surface area contributed by atoms with E-state index in [4.69, 9.17) is 37.0 Å². The molecule has 0 fully saturated rings. The molecule has 7 atom stereocenters. The molecule has 19 heteroatoms. The molecule has 0 saturated heterocycles. The van der Waals surface area contributed by atoms with Gasteiger partial charge in [-0.05, 0) is 43.4 Å². The Morgan fingerprint density at radius 3 is 0.745 bits per heavy atom. The lowest BCUT2D eigenvalue weighted by Gasteiger charge is -2.21. The second-order valence-corrected chi connectivity index (χ2v) is 33.7. The van der Waals surface area contributed by atoms with E-state index < -0.39 is 97.5 Å². The van der Waals surface area contributed by atoms with Crippen molar-refractivity contribution in [3.63, 3.8) is 0 Å². The summed E-state index contributed by atoms with van der Waals surface area (Å²) >= 11 is 0. The Kier molecular flexibility index (Phi) is 71.8. The summed E-state index contributed by atoms with van der Waals surface area (Å²) in [5.41, 5.74) is 0. The zero-order valence-electron chi connectivity index (χ0n) is 67.1. The molecule has 0 heterocycles. The fraction of sp³-hybridized carbons (Fsp3) is 0.952. The number of carbonyl (C=O) groups is 4. The van der Waals surface area contributed by atoms with Crippen LogP contribution in [-0.4, -0.2) is 96.7 Å². The molecule has 17 nitrogen and oxygen atoms in total. The van der Waals surface area contributed by atoms with Crippen molar-refractivity contribution in [1.82, 2.24) is 0 Å². The number of ether oxygens (including phenoxy) is 4. The van der Waals surface area contributed by atoms with Crippen LogP contribution in [-0.2, 0) is 65.4 Å². The Labute approximate surface area is 626 Å². The van der Waals surface area contributed by atoms with Crippen molar-refractivity contribution >= 4 is 39.5 Å². The van der Waals surface area contributed by atoms with Gasteiger partial charge in [-0.3, -0.25) is 37.3 Å². The molecule has 0 saturated carbocycles. The molecule has 3 N–H and O–H groups in total. The number of hydrogen-bond donors (Lipinski definition) is 3. The molecule has 4 unspecified atom stereocenters. The standard InChI is InChI=1S/C83H162O17P2/c1-8-11-12-13-40-50-57-64-80(85)93-70-78(99-83(88)67-60-53-46-39-33-32-36-43-49-56-63-76(7)10-3)72-97-101(89,90)95-68-77(84)69-96-102(91,92)98-73-79(71-94-81(86)65-58-51-44-37-30-26-22-19-18-20-24-28-34-41-47-54-61-74(4)5)100-82(87)66-59-52-45-38-31-27-23-17-15-14-16-21-25-29-35-42-48-55-62-75(6)9-2/h74-79,84H,8-73H2,1-7H3,(H,89,90)(H,91,92)/t75?,76?,77-,78+,79+/m0/s1. The van der Waals surface area contributed by atoms with Gasteiger partial charge in [0.1, 0.15) is 19.3 Å². The Morgan fingerprint density at radius 2 is 0.500 bits per heavy atom. The van der Waals surface area contributed by atoms with Gasteiger partial charge in [-0.25, -0.2) is 9.13 Å². The van der Waals surface area contributed by atoms with E-state index in [1.54, 1.807) is 0 Å². The fourth-order valence-corrected chi connectivity index (χ4v) is 14.4. The van der Waals surface area contributed by atoms with Crippen LogP contribution in [0.3, 0.4) is 0 Å². The number of aliphatic hydroxyl groups excluding tert-OH is 1. The highest BCUT2D eigenvalue weighted by molar-refractivity contribution is 7.47. The monoisotopic (exact) mass is 1490 g/mol. The first-order valence-electron chi connectivity index (χ1n) is 42.9. The maximum atomic E-state index is 13.1. The molecule has 0 radical (unpaired) electrons. The normalized spacial score (nSPS) is 14.5. The van der Waals surface area contributed by atoms with Crippen molar-refractivity contribution in [2.45, 2.75) is 452 Å². The van der Waals surface area contributed by atoms with E-state index in [-0.39, 0.29) is 25.7 Å². The third-order valence-corrected chi connectivity index (χ3v) is 22.0. The Balaban J connectivity index is 5.17. The maximum absolute atomic E-state index is 13.1. The van der Waals surface area contributed by atoms with Crippen LogP contribution in [0.1, 0.15) is 434 Å². The lowest BCUT2D eigenvalue weighted by Crippen LogP contribution is -2.30. The number of hydrogen-bond acceptors (Lipinski definition) is 15. The number of carbonyl (C=O) groups excluding carboxylic acids is 4. The van der Waals surface area contributed by atoms with Crippen LogP contribution in [0, 0.1) is 17.8 Å². The highest BCUT2D eigenvalue weighted by Gasteiger charge is 2.30. The first-order valence-corrected chi connectivity index (χ1v) is 45.9. The largest absolute Gasteiger partial charge is 0.472 e. The predicted molar refractivity (Wildman–Crippen MR) is 418 cm³/mol. The highest BCUT2D eigenvalue weighted by Crippen LogP contribution is 2.45. The molecule has 0 rings (SSSR count). The Morgan fingerprint density at radius 1 is 0.284 bits per heavy atom. The number of phosphoric ester groups is 2. The first kappa shape index (κ1) is 100. The van der Waals surface area contributed by atoms with Gasteiger partial charge < -0.3 is 33.8 Å². The molecule has 0 bridgehead atoms. The van der Waals surface area contributed by atoms with Gasteiger partial charge in [0.15, 0.2) is 12.2 Å². The lowest BCUT2D eigenvalue weighted by atomic mass is 9.99. The SMILES string of the molecule is CCCCCCCCCC(=O)OC[C@H](COP(=O)(O)OC[C@H](O)COP(=O)(O)OC[C@@H](COC(=O)CCCCCCCCCCCCCCCCCCC(C)C)OC(=O)CCCCCCCCCCCCCCCCCCCCC(C)CC)OC(=O)CCCCCCCCCCCCC(C)CC. The summed E-state index contributed by atoms with van der Waals surface area (Å²) in [6.45, 7) is 12.0. The molecule has 0 aliphatic heterocycles. The van der Waals surface area contributed by atoms with Crippen molar-refractivity contribution in [3.8, 4) is 0 Å². The molecule has 0 aromatic rings.